The highest BCUT2D eigenvalue weighted by Crippen LogP contribution is 2.28. The van der Waals surface area contributed by atoms with Gasteiger partial charge in [0.05, 0.1) is 6.20 Å². The number of nitrogens with two attached hydrogens (primary N) is 1. The molecule has 0 unspecified atom stereocenters. The molecular weight excluding hydrogens is 254 g/mol. The third-order valence-electron chi connectivity index (χ3n) is 3.85. The first-order valence-corrected chi connectivity index (χ1v) is 6.95. The quantitative estimate of drug-likeness (QED) is 0.893. The second kappa shape index (κ2) is 5.54. The molecule has 0 spiro atoms. The van der Waals surface area contributed by atoms with Gasteiger partial charge < -0.3 is 20.3 Å². The predicted octanol–water partition coefficient (Wildman–Crippen LogP) is 1.90. The number of anilines is 1. The van der Waals surface area contributed by atoms with Crippen molar-refractivity contribution in [2.45, 2.75) is 25.3 Å². The van der Waals surface area contributed by atoms with Crippen LogP contribution in [-0.4, -0.2) is 29.4 Å². The molecule has 20 heavy (non-hydrogen) atoms. The van der Waals surface area contributed by atoms with Crippen LogP contribution in [0, 0.1) is 0 Å². The Morgan fingerprint density at radius 1 is 1.30 bits per heavy atom. The van der Waals surface area contributed by atoms with Gasteiger partial charge in [-0.25, -0.2) is 0 Å². The Balaban J connectivity index is 1.79. The number of phenols is 1. The number of nitrogens with zero attached hydrogens (tertiary/aromatic N) is 2. The van der Waals surface area contributed by atoms with Crippen molar-refractivity contribution in [3.63, 3.8) is 0 Å². The molecule has 1 aromatic heterocycles. The second-order valence-corrected chi connectivity index (χ2v) is 5.26. The average molecular weight is 273 g/mol. The van der Waals surface area contributed by atoms with Gasteiger partial charge >= 0.3 is 0 Å². The summed E-state index contributed by atoms with van der Waals surface area (Å²) in [6.45, 7) is 1.85. The van der Waals surface area contributed by atoms with Crippen molar-refractivity contribution >= 4 is 5.69 Å². The van der Waals surface area contributed by atoms with E-state index in [1.165, 1.54) is 0 Å². The zero-order valence-electron chi connectivity index (χ0n) is 11.3. The van der Waals surface area contributed by atoms with E-state index in [1.54, 1.807) is 12.3 Å². The van der Waals surface area contributed by atoms with Crippen molar-refractivity contribution in [1.29, 1.82) is 0 Å². The van der Waals surface area contributed by atoms with Gasteiger partial charge in [0.1, 0.15) is 11.4 Å². The Kier molecular flexibility index (Phi) is 3.60. The van der Waals surface area contributed by atoms with E-state index in [1.807, 2.05) is 18.2 Å². The Morgan fingerprint density at radius 3 is 2.80 bits per heavy atom. The summed E-state index contributed by atoms with van der Waals surface area (Å²) in [5.74, 6) is 1.08. The van der Waals surface area contributed by atoms with Gasteiger partial charge in [0.15, 0.2) is 5.76 Å². The molecule has 5 nitrogen and oxygen atoms in total. The summed E-state index contributed by atoms with van der Waals surface area (Å²) in [4.78, 5) is 2.26. The maximum Gasteiger partial charge on any atom is 0.164 e. The summed E-state index contributed by atoms with van der Waals surface area (Å²) < 4.78 is 5.37. The highest BCUT2D eigenvalue weighted by atomic mass is 16.5. The van der Waals surface area contributed by atoms with E-state index in [9.17, 15) is 5.11 Å². The molecular formula is C15H19N3O2. The van der Waals surface area contributed by atoms with Crippen LogP contribution in [0.4, 0.5) is 5.69 Å². The molecule has 0 amide bonds. The molecule has 1 aliphatic rings. The molecule has 5 heteroatoms. The smallest absolute Gasteiger partial charge is 0.164 e. The Labute approximate surface area is 118 Å². The fourth-order valence-electron chi connectivity index (χ4n) is 2.61. The second-order valence-electron chi connectivity index (χ2n) is 5.26. The third kappa shape index (κ3) is 2.63. The summed E-state index contributed by atoms with van der Waals surface area (Å²) >= 11 is 0. The summed E-state index contributed by atoms with van der Waals surface area (Å²) in [5.41, 5.74) is 7.79. The first-order chi connectivity index (χ1) is 9.74. The molecule has 106 valence electrons. The van der Waals surface area contributed by atoms with Crippen LogP contribution in [0.3, 0.4) is 0 Å². The van der Waals surface area contributed by atoms with Crippen molar-refractivity contribution < 1.29 is 9.63 Å². The number of hydrogen-bond donors (Lipinski definition) is 2. The number of rotatable bonds is 3. The number of hydrogen-bond acceptors (Lipinski definition) is 5. The number of aromatic hydroxyl groups is 1. The number of piperidine rings is 1. The molecule has 1 saturated heterocycles. The van der Waals surface area contributed by atoms with Gasteiger partial charge in [-0.3, -0.25) is 0 Å². The minimum Gasteiger partial charge on any atom is -0.508 e. The predicted molar refractivity (Wildman–Crippen MR) is 76.8 cm³/mol. The number of benzene rings is 1. The van der Waals surface area contributed by atoms with Crippen LogP contribution in [-0.2, 0) is 6.42 Å². The zero-order valence-corrected chi connectivity index (χ0v) is 11.3. The van der Waals surface area contributed by atoms with Crippen molar-refractivity contribution in [3.8, 4) is 5.75 Å². The summed E-state index contributed by atoms with van der Waals surface area (Å²) in [6, 6.07) is 7.60. The Hall–Kier alpha value is -2.01. The molecule has 2 aromatic rings. The van der Waals surface area contributed by atoms with Crippen LogP contribution in [0.15, 0.2) is 35.0 Å². The van der Waals surface area contributed by atoms with Crippen LogP contribution in [0.5, 0.6) is 5.75 Å². The van der Waals surface area contributed by atoms with Crippen LogP contribution in [0.25, 0.3) is 0 Å². The van der Waals surface area contributed by atoms with Gasteiger partial charge in [-0.1, -0.05) is 23.4 Å². The summed E-state index contributed by atoms with van der Waals surface area (Å²) in [7, 11) is 0. The minimum atomic E-state index is 0.288. The normalized spacial score (nSPS) is 16.6. The lowest BCUT2D eigenvalue weighted by molar-refractivity contribution is 0.386. The lowest BCUT2D eigenvalue weighted by Crippen LogP contribution is -2.39. The molecule has 1 aromatic carbocycles. The molecule has 1 aliphatic heterocycles. The maximum absolute atomic E-state index is 9.85. The van der Waals surface area contributed by atoms with E-state index >= 15 is 0 Å². The SMILES string of the molecule is NC1CCN(c2cnoc2Cc2ccccc2O)CC1. The first kappa shape index (κ1) is 13.0. The zero-order chi connectivity index (χ0) is 13.9. The van der Waals surface area contributed by atoms with Gasteiger partial charge in [-0.15, -0.1) is 0 Å². The molecule has 1 fully saturated rings. The topological polar surface area (TPSA) is 75.5 Å². The van der Waals surface area contributed by atoms with Crippen LogP contribution in [0.1, 0.15) is 24.2 Å². The highest BCUT2D eigenvalue weighted by Gasteiger charge is 2.21. The van der Waals surface area contributed by atoms with Crippen molar-refractivity contribution in [3.05, 3.63) is 41.8 Å². The molecule has 2 heterocycles. The maximum atomic E-state index is 9.85. The number of phenolic OH excluding ortho intramolecular Hbond substituents is 1. The van der Waals surface area contributed by atoms with Crippen LogP contribution < -0.4 is 10.6 Å². The average Bonchev–Trinajstić information content (AvgIpc) is 2.90. The van der Waals surface area contributed by atoms with E-state index < -0.39 is 0 Å². The van der Waals surface area contributed by atoms with Crippen LogP contribution >= 0.6 is 0 Å². The monoisotopic (exact) mass is 273 g/mol. The fraction of sp³-hybridized carbons (Fsp3) is 0.400. The molecule has 0 aliphatic carbocycles. The molecule has 0 saturated carbocycles. The lowest BCUT2D eigenvalue weighted by atomic mass is 10.0. The van der Waals surface area contributed by atoms with E-state index in [0.29, 0.717) is 12.5 Å². The third-order valence-corrected chi connectivity index (χ3v) is 3.85. The fourth-order valence-corrected chi connectivity index (χ4v) is 2.61. The lowest BCUT2D eigenvalue weighted by Gasteiger charge is -2.31. The van der Waals surface area contributed by atoms with E-state index in [2.05, 4.69) is 10.1 Å². The van der Waals surface area contributed by atoms with E-state index in [-0.39, 0.29) is 5.75 Å². The van der Waals surface area contributed by atoms with Crippen molar-refractivity contribution in [2.75, 3.05) is 18.0 Å². The molecule has 0 bridgehead atoms. The molecule has 3 N–H and O–H groups in total. The van der Waals surface area contributed by atoms with Gasteiger partial charge in [-0.05, 0) is 18.9 Å². The van der Waals surface area contributed by atoms with Crippen molar-refractivity contribution in [2.24, 2.45) is 5.73 Å². The van der Waals surface area contributed by atoms with Crippen molar-refractivity contribution in [1.82, 2.24) is 5.16 Å². The van der Waals surface area contributed by atoms with E-state index in [0.717, 1.165) is 42.9 Å². The van der Waals surface area contributed by atoms with E-state index in [4.69, 9.17) is 10.3 Å². The van der Waals surface area contributed by atoms with Crippen LogP contribution in [0.2, 0.25) is 0 Å². The number of para-hydroxylation sites is 1. The standard InChI is InChI=1S/C15H19N3O2/c16-12-5-7-18(8-6-12)13-10-17-20-15(13)9-11-3-1-2-4-14(11)19/h1-4,10,12,19H,5-9,16H2. The summed E-state index contributed by atoms with van der Waals surface area (Å²) in [5, 5.41) is 13.8. The van der Waals surface area contributed by atoms with Gasteiger partial charge in [0.25, 0.3) is 0 Å². The van der Waals surface area contributed by atoms with Gasteiger partial charge in [0.2, 0.25) is 0 Å². The molecule has 0 atom stereocenters. The molecule has 0 radical (unpaired) electrons. The largest absolute Gasteiger partial charge is 0.508 e. The minimum absolute atomic E-state index is 0.288. The Morgan fingerprint density at radius 2 is 2.05 bits per heavy atom. The number of aromatic nitrogens is 1. The first-order valence-electron chi connectivity index (χ1n) is 6.95. The highest BCUT2D eigenvalue weighted by molar-refractivity contribution is 5.50. The molecule has 3 rings (SSSR count). The van der Waals surface area contributed by atoms with Gasteiger partial charge in [0, 0.05) is 31.1 Å². The van der Waals surface area contributed by atoms with Gasteiger partial charge in [-0.2, -0.15) is 0 Å². The Bertz CT molecular complexity index is 574. The summed E-state index contributed by atoms with van der Waals surface area (Å²) in [6.07, 6.45) is 4.28.